The summed E-state index contributed by atoms with van der Waals surface area (Å²) < 4.78 is 16.9. The van der Waals surface area contributed by atoms with Crippen LogP contribution in [0.25, 0.3) is 0 Å². The van der Waals surface area contributed by atoms with Crippen LogP contribution >= 0.6 is 0 Å². The summed E-state index contributed by atoms with van der Waals surface area (Å²) in [5, 5.41) is 0. The third kappa shape index (κ3) is 57.4. The van der Waals surface area contributed by atoms with E-state index >= 15 is 0 Å². The normalized spacial score (nSPS) is 12.7. The first-order valence-electron chi connectivity index (χ1n) is 30.1. The van der Waals surface area contributed by atoms with E-state index < -0.39 is 6.10 Å². The molecule has 0 aromatic heterocycles. The summed E-state index contributed by atoms with van der Waals surface area (Å²) >= 11 is 0. The van der Waals surface area contributed by atoms with Crippen LogP contribution < -0.4 is 0 Å². The average molecular weight is 990 g/mol. The van der Waals surface area contributed by atoms with Gasteiger partial charge in [-0.1, -0.05) is 234 Å². The Morgan fingerprint density at radius 2 is 0.507 bits per heavy atom. The van der Waals surface area contributed by atoms with Crippen LogP contribution in [0.2, 0.25) is 0 Å². The van der Waals surface area contributed by atoms with Gasteiger partial charge in [-0.25, -0.2) is 0 Å². The van der Waals surface area contributed by atoms with Crippen molar-refractivity contribution in [2.45, 2.75) is 297 Å². The number of hydrogen-bond acceptors (Lipinski definition) is 6. The van der Waals surface area contributed by atoms with Crippen molar-refractivity contribution in [1.82, 2.24) is 0 Å². The van der Waals surface area contributed by atoms with Crippen LogP contribution in [0.4, 0.5) is 0 Å². The van der Waals surface area contributed by atoms with Gasteiger partial charge in [-0.3, -0.25) is 14.4 Å². The van der Waals surface area contributed by atoms with Crippen LogP contribution in [0.5, 0.6) is 0 Å². The highest BCUT2D eigenvalue weighted by Gasteiger charge is 2.19. The summed E-state index contributed by atoms with van der Waals surface area (Å²) in [5.41, 5.74) is 0. The van der Waals surface area contributed by atoms with E-state index in [0.717, 1.165) is 109 Å². The highest BCUT2D eigenvalue weighted by molar-refractivity contribution is 5.71. The molecule has 0 N–H and O–H groups in total. The van der Waals surface area contributed by atoms with Crippen molar-refractivity contribution >= 4 is 17.9 Å². The fourth-order valence-corrected chi connectivity index (χ4v) is 8.27. The van der Waals surface area contributed by atoms with Crippen molar-refractivity contribution in [3.05, 3.63) is 85.1 Å². The van der Waals surface area contributed by atoms with Crippen LogP contribution in [0.3, 0.4) is 0 Å². The van der Waals surface area contributed by atoms with E-state index in [1.165, 1.54) is 141 Å². The highest BCUT2D eigenvalue weighted by Crippen LogP contribution is 2.15. The zero-order valence-electron chi connectivity index (χ0n) is 46.7. The van der Waals surface area contributed by atoms with E-state index in [9.17, 15) is 14.4 Å². The third-order valence-corrected chi connectivity index (χ3v) is 12.8. The molecular weight excluding hydrogens is 877 g/mol. The molecule has 0 saturated carbocycles. The summed E-state index contributed by atoms with van der Waals surface area (Å²) in [7, 11) is 0. The fourth-order valence-electron chi connectivity index (χ4n) is 8.27. The maximum atomic E-state index is 12.9. The molecule has 0 spiro atoms. The van der Waals surface area contributed by atoms with Gasteiger partial charge in [-0.15, -0.1) is 0 Å². The number of carbonyl (C=O) groups is 3. The van der Waals surface area contributed by atoms with E-state index in [2.05, 4.69) is 106 Å². The molecule has 0 saturated heterocycles. The SMILES string of the molecule is CCCCC/C=C\C/C=C\C/C=C\CCCCCCCCC(=O)OC[C@@H](COC(=O)CCCCCCC/C=C\C/C=C\CCCCC)OC(=O)CCCCCCCCCCC/C=C\C/C=C\CCCCC. The van der Waals surface area contributed by atoms with Crippen LogP contribution in [0, 0.1) is 0 Å². The van der Waals surface area contributed by atoms with Crippen LogP contribution in [-0.2, 0) is 28.6 Å². The molecule has 0 rings (SSSR count). The second-order valence-electron chi connectivity index (χ2n) is 19.9. The van der Waals surface area contributed by atoms with E-state index in [-0.39, 0.29) is 31.1 Å². The molecule has 0 aliphatic carbocycles. The first-order chi connectivity index (χ1) is 35.0. The number of carbonyl (C=O) groups excluding carboxylic acids is 3. The quantitative estimate of drug-likeness (QED) is 0.0261. The minimum atomic E-state index is -0.792. The van der Waals surface area contributed by atoms with Crippen molar-refractivity contribution in [2.75, 3.05) is 13.2 Å². The van der Waals surface area contributed by atoms with Crippen molar-refractivity contribution in [3.63, 3.8) is 0 Å². The summed E-state index contributed by atoms with van der Waals surface area (Å²) in [6, 6.07) is 0. The molecule has 0 radical (unpaired) electrons. The van der Waals surface area contributed by atoms with E-state index in [4.69, 9.17) is 14.2 Å². The monoisotopic (exact) mass is 989 g/mol. The summed E-state index contributed by atoms with van der Waals surface area (Å²) in [4.78, 5) is 38.2. The molecule has 6 heteroatoms. The second kappa shape index (κ2) is 59.2. The number of esters is 3. The summed E-state index contributed by atoms with van der Waals surface area (Å²) in [6.07, 6.45) is 77.1. The lowest BCUT2D eigenvalue weighted by Crippen LogP contribution is -2.30. The van der Waals surface area contributed by atoms with E-state index in [0.29, 0.717) is 19.3 Å². The van der Waals surface area contributed by atoms with Gasteiger partial charge >= 0.3 is 17.9 Å². The van der Waals surface area contributed by atoms with Gasteiger partial charge in [0.25, 0.3) is 0 Å². The average Bonchev–Trinajstić information content (AvgIpc) is 3.37. The topological polar surface area (TPSA) is 78.9 Å². The number of hydrogen-bond donors (Lipinski definition) is 0. The Balaban J connectivity index is 4.43. The van der Waals surface area contributed by atoms with Crippen LogP contribution in [0.15, 0.2) is 85.1 Å². The number of ether oxygens (including phenoxy) is 3. The van der Waals surface area contributed by atoms with Gasteiger partial charge in [0.1, 0.15) is 13.2 Å². The molecule has 1 atom stereocenters. The second-order valence-corrected chi connectivity index (χ2v) is 19.9. The third-order valence-electron chi connectivity index (χ3n) is 12.8. The molecular formula is C65H112O6. The number of unbranched alkanes of at least 4 members (excludes halogenated alkanes) is 29. The molecule has 408 valence electrons. The lowest BCUT2D eigenvalue weighted by Gasteiger charge is -2.18. The lowest BCUT2D eigenvalue weighted by atomic mass is 10.1. The van der Waals surface area contributed by atoms with Gasteiger partial charge in [-0.05, 0) is 122 Å². The Bertz CT molecular complexity index is 1370. The molecule has 0 aromatic rings. The Hall–Kier alpha value is -3.41. The predicted octanol–water partition coefficient (Wildman–Crippen LogP) is 20.3. The van der Waals surface area contributed by atoms with Gasteiger partial charge in [0, 0.05) is 19.3 Å². The molecule has 0 unspecified atom stereocenters. The molecule has 0 amide bonds. The van der Waals surface area contributed by atoms with Gasteiger partial charge in [0.05, 0.1) is 0 Å². The van der Waals surface area contributed by atoms with Crippen molar-refractivity contribution in [2.24, 2.45) is 0 Å². The van der Waals surface area contributed by atoms with E-state index in [1.807, 2.05) is 0 Å². The summed E-state index contributed by atoms with van der Waals surface area (Å²) in [6.45, 7) is 6.55. The number of allylic oxidation sites excluding steroid dienone is 14. The minimum Gasteiger partial charge on any atom is -0.462 e. The first-order valence-corrected chi connectivity index (χ1v) is 30.1. The summed E-state index contributed by atoms with van der Waals surface area (Å²) in [5.74, 6) is -0.911. The molecule has 0 aliphatic heterocycles. The zero-order chi connectivity index (χ0) is 51.4. The van der Waals surface area contributed by atoms with Crippen LogP contribution in [0.1, 0.15) is 290 Å². The largest absolute Gasteiger partial charge is 0.462 e. The van der Waals surface area contributed by atoms with Crippen molar-refractivity contribution in [1.29, 1.82) is 0 Å². The minimum absolute atomic E-state index is 0.0894. The maximum Gasteiger partial charge on any atom is 0.306 e. The molecule has 0 aromatic carbocycles. The molecule has 0 fully saturated rings. The van der Waals surface area contributed by atoms with Crippen LogP contribution in [-0.4, -0.2) is 37.2 Å². The van der Waals surface area contributed by atoms with E-state index in [1.54, 1.807) is 0 Å². The molecule has 0 bridgehead atoms. The Kier molecular flexibility index (Phi) is 56.3. The first kappa shape index (κ1) is 67.6. The molecule has 0 heterocycles. The number of rotatable bonds is 54. The smallest absolute Gasteiger partial charge is 0.306 e. The van der Waals surface area contributed by atoms with Gasteiger partial charge < -0.3 is 14.2 Å². The fraction of sp³-hybridized carbons (Fsp3) is 0.738. The standard InChI is InChI=1S/C65H112O6/c1-4-7-10-13-16-19-22-25-28-30-32-34-37-40-43-46-49-52-55-58-64(67)70-61-62(60-69-63(66)57-54-51-48-45-42-39-36-27-24-21-18-15-12-9-6-3)71-65(68)59-56-53-50-47-44-41-38-35-33-31-29-26-23-20-17-14-11-8-5-2/h16-21,25-29,32,34,36,62H,4-15,22-24,30-31,33,35,37-61H2,1-3H3/b19-16-,20-17-,21-18-,28-25-,29-26-,34-32-,36-27-/t62-/m1/s1. The molecule has 0 aliphatic rings. The predicted molar refractivity (Wildman–Crippen MR) is 307 cm³/mol. The lowest BCUT2D eigenvalue weighted by molar-refractivity contribution is -0.167. The zero-order valence-corrected chi connectivity index (χ0v) is 46.7. The van der Waals surface area contributed by atoms with Gasteiger partial charge in [0.15, 0.2) is 6.10 Å². The molecule has 71 heavy (non-hydrogen) atoms. The Labute approximate surface area is 439 Å². The highest BCUT2D eigenvalue weighted by atomic mass is 16.6. The Morgan fingerprint density at radius 1 is 0.282 bits per heavy atom. The maximum absolute atomic E-state index is 12.9. The van der Waals surface area contributed by atoms with Gasteiger partial charge in [0.2, 0.25) is 0 Å². The van der Waals surface area contributed by atoms with Crippen molar-refractivity contribution < 1.29 is 28.6 Å². The van der Waals surface area contributed by atoms with Crippen molar-refractivity contribution in [3.8, 4) is 0 Å². The van der Waals surface area contributed by atoms with Gasteiger partial charge in [-0.2, -0.15) is 0 Å². The Morgan fingerprint density at radius 3 is 0.789 bits per heavy atom. The molecule has 6 nitrogen and oxygen atoms in total.